The first-order chi connectivity index (χ1) is 8.02. The van der Waals surface area contributed by atoms with Crippen molar-refractivity contribution in [2.45, 2.75) is 25.8 Å². The first kappa shape index (κ1) is 12.7. The SMILES string of the molecule is CC(C)c1nnsc1C(N)c1c(Br)cnn1C. The van der Waals surface area contributed by atoms with Gasteiger partial charge in [0.05, 0.1) is 33.0 Å². The van der Waals surface area contributed by atoms with E-state index < -0.39 is 0 Å². The molecule has 1 unspecified atom stereocenters. The van der Waals surface area contributed by atoms with Crippen molar-refractivity contribution in [3.8, 4) is 0 Å². The highest BCUT2D eigenvalue weighted by Crippen LogP contribution is 2.32. The van der Waals surface area contributed by atoms with E-state index in [1.54, 1.807) is 10.9 Å². The molecule has 1 atom stereocenters. The number of aryl methyl sites for hydroxylation is 1. The Bertz CT molecular complexity index is 499. The van der Waals surface area contributed by atoms with E-state index in [9.17, 15) is 0 Å². The predicted octanol–water partition coefficient (Wildman–Crippen LogP) is 2.21. The number of aromatic nitrogens is 4. The second-order valence-corrected chi connectivity index (χ2v) is 5.80. The van der Waals surface area contributed by atoms with Crippen LogP contribution in [0.1, 0.15) is 42.1 Å². The van der Waals surface area contributed by atoms with E-state index in [1.165, 1.54) is 11.5 Å². The minimum atomic E-state index is -0.241. The number of hydrogen-bond donors (Lipinski definition) is 1. The van der Waals surface area contributed by atoms with Gasteiger partial charge in [-0.3, -0.25) is 4.68 Å². The minimum absolute atomic E-state index is 0.241. The van der Waals surface area contributed by atoms with Gasteiger partial charge in [0.1, 0.15) is 0 Å². The van der Waals surface area contributed by atoms with Gasteiger partial charge in [-0.1, -0.05) is 18.3 Å². The second-order valence-electron chi connectivity index (χ2n) is 4.16. The van der Waals surface area contributed by atoms with Gasteiger partial charge in [0.2, 0.25) is 0 Å². The fourth-order valence-electron chi connectivity index (χ4n) is 1.71. The highest BCUT2D eigenvalue weighted by Gasteiger charge is 2.23. The summed E-state index contributed by atoms with van der Waals surface area (Å²) in [6.45, 7) is 4.18. The van der Waals surface area contributed by atoms with Crippen LogP contribution in [0.3, 0.4) is 0 Å². The van der Waals surface area contributed by atoms with Crippen molar-refractivity contribution < 1.29 is 0 Å². The summed E-state index contributed by atoms with van der Waals surface area (Å²) in [7, 11) is 1.88. The maximum Gasteiger partial charge on any atom is 0.0863 e. The zero-order valence-electron chi connectivity index (χ0n) is 9.88. The van der Waals surface area contributed by atoms with Crippen molar-refractivity contribution in [2.24, 2.45) is 12.8 Å². The van der Waals surface area contributed by atoms with Crippen LogP contribution in [0.25, 0.3) is 0 Å². The summed E-state index contributed by atoms with van der Waals surface area (Å²) in [5, 5.41) is 8.32. The smallest absolute Gasteiger partial charge is 0.0863 e. The van der Waals surface area contributed by atoms with Crippen LogP contribution in [-0.2, 0) is 7.05 Å². The lowest BCUT2D eigenvalue weighted by Crippen LogP contribution is -2.17. The molecular weight excluding hydrogens is 302 g/mol. The highest BCUT2D eigenvalue weighted by atomic mass is 79.9. The maximum atomic E-state index is 6.29. The number of hydrogen-bond acceptors (Lipinski definition) is 5. The van der Waals surface area contributed by atoms with Crippen molar-refractivity contribution >= 4 is 27.5 Å². The molecule has 0 spiro atoms. The Balaban J connectivity index is 2.44. The van der Waals surface area contributed by atoms with Crippen LogP contribution < -0.4 is 5.73 Å². The number of rotatable bonds is 3. The van der Waals surface area contributed by atoms with Crippen LogP contribution in [0.4, 0.5) is 0 Å². The molecule has 2 N–H and O–H groups in total. The van der Waals surface area contributed by atoms with Gasteiger partial charge < -0.3 is 5.73 Å². The van der Waals surface area contributed by atoms with Crippen LogP contribution >= 0.6 is 27.5 Å². The molecule has 0 aliphatic heterocycles. The summed E-state index contributed by atoms with van der Waals surface area (Å²) in [6.07, 6.45) is 1.75. The second kappa shape index (κ2) is 4.83. The van der Waals surface area contributed by atoms with Crippen molar-refractivity contribution in [1.29, 1.82) is 0 Å². The van der Waals surface area contributed by atoms with Crippen LogP contribution in [-0.4, -0.2) is 19.4 Å². The van der Waals surface area contributed by atoms with E-state index in [2.05, 4.69) is 44.5 Å². The Kier molecular flexibility index (Phi) is 3.60. The highest BCUT2D eigenvalue weighted by molar-refractivity contribution is 9.10. The van der Waals surface area contributed by atoms with E-state index in [0.29, 0.717) is 5.92 Å². The zero-order valence-corrected chi connectivity index (χ0v) is 12.3. The molecule has 17 heavy (non-hydrogen) atoms. The average molecular weight is 316 g/mol. The lowest BCUT2D eigenvalue weighted by atomic mass is 10.0. The quantitative estimate of drug-likeness (QED) is 0.942. The van der Waals surface area contributed by atoms with Crippen molar-refractivity contribution in [2.75, 3.05) is 0 Å². The van der Waals surface area contributed by atoms with E-state index in [1.807, 2.05) is 7.05 Å². The van der Waals surface area contributed by atoms with Crippen molar-refractivity contribution in [1.82, 2.24) is 19.4 Å². The molecule has 2 heterocycles. The number of halogens is 1. The molecule has 2 rings (SSSR count). The molecule has 0 aliphatic carbocycles. The third-order valence-corrected chi connectivity index (χ3v) is 4.04. The minimum Gasteiger partial charge on any atom is -0.318 e. The average Bonchev–Trinajstić information content (AvgIpc) is 2.85. The summed E-state index contributed by atoms with van der Waals surface area (Å²) >= 11 is 4.82. The molecule has 2 aromatic rings. The first-order valence-electron chi connectivity index (χ1n) is 5.27. The predicted molar refractivity (Wildman–Crippen MR) is 70.9 cm³/mol. The van der Waals surface area contributed by atoms with E-state index in [0.717, 1.165) is 20.7 Å². The van der Waals surface area contributed by atoms with Gasteiger partial charge >= 0.3 is 0 Å². The standard InChI is InChI=1S/C10H14BrN5S/c1-5(2)8-10(17-15-14-8)7(12)9-6(11)4-13-16(9)3/h4-5,7H,12H2,1-3H3. The third-order valence-electron chi connectivity index (χ3n) is 2.60. The van der Waals surface area contributed by atoms with Gasteiger partial charge in [-0.25, -0.2) is 0 Å². The van der Waals surface area contributed by atoms with Gasteiger partial charge in [-0.2, -0.15) is 5.10 Å². The summed E-state index contributed by atoms with van der Waals surface area (Å²) in [5.74, 6) is 0.321. The molecule has 0 aromatic carbocycles. The summed E-state index contributed by atoms with van der Waals surface area (Å²) in [6, 6.07) is -0.241. The maximum absolute atomic E-state index is 6.29. The molecule has 0 bridgehead atoms. The van der Waals surface area contributed by atoms with Crippen LogP contribution in [0.5, 0.6) is 0 Å². The Morgan fingerprint density at radius 1 is 1.47 bits per heavy atom. The molecule has 0 amide bonds. The van der Waals surface area contributed by atoms with Crippen LogP contribution in [0.15, 0.2) is 10.7 Å². The monoisotopic (exact) mass is 315 g/mol. The van der Waals surface area contributed by atoms with Crippen molar-refractivity contribution in [3.05, 3.63) is 26.9 Å². The largest absolute Gasteiger partial charge is 0.318 e. The summed E-state index contributed by atoms with van der Waals surface area (Å²) in [4.78, 5) is 1.00. The first-order valence-corrected chi connectivity index (χ1v) is 6.84. The molecular formula is C10H14BrN5S. The van der Waals surface area contributed by atoms with Gasteiger partial charge in [0.15, 0.2) is 0 Å². The van der Waals surface area contributed by atoms with Crippen molar-refractivity contribution in [3.63, 3.8) is 0 Å². The molecule has 5 nitrogen and oxygen atoms in total. The lowest BCUT2D eigenvalue weighted by molar-refractivity contribution is 0.666. The van der Waals surface area contributed by atoms with Gasteiger partial charge in [0.25, 0.3) is 0 Å². The fraction of sp³-hybridized carbons (Fsp3) is 0.500. The molecule has 0 fully saturated rings. The van der Waals surface area contributed by atoms with E-state index in [-0.39, 0.29) is 6.04 Å². The summed E-state index contributed by atoms with van der Waals surface area (Å²) < 4.78 is 6.69. The molecule has 0 saturated carbocycles. The Morgan fingerprint density at radius 2 is 2.18 bits per heavy atom. The zero-order chi connectivity index (χ0) is 12.6. The molecule has 0 saturated heterocycles. The number of nitrogens with two attached hydrogens (primary N) is 1. The lowest BCUT2D eigenvalue weighted by Gasteiger charge is -2.13. The van der Waals surface area contributed by atoms with Gasteiger partial charge in [-0.15, -0.1) is 5.10 Å². The van der Waals surface area contributed by atoms with E-state index >= 15 is 0 Å². The molecule has 92 valence electrons. The van der Waals surface area contributed by atoms with E-state index in [4.69, 9.17) is 5.73 Å². The van der Waals surface area contributed by atoms with Gasteiger partial charge in [0, 0.05) is 7.05 Å². The topological polar surface area (TPSA) is 69.6 Å². The molecule has 0 radical (unpaired) electrons. The summed E-state index contributed by atoms with van der Waals surface area (Å²) in [5.41, 5.74) is 8.20. The molecule has 7 heteroatoms. The third kappa shape index (κ3) is 2.27. The Labute approximate surface area is 112 Å². The Hall–Kier alpha value is -0.790. The van der Waals surface area contributed by atoms with Crippen LogP contribution in [0.2, 0.25) is 0 Å². The normalized spacial score (nSPS) is 13.3. The van der Waals surface area contributed by atoms with Crippen LogP contribution in [0, 0.1) is 0 Å². The fourth-order valence-corrected chi connectivity index (χ4v) is 3.12. The molecule has 2 aromatic heterocycles. The Morgan fingerprint density at radius 3 is 2.71 bits per heavy atom. The van der Waals surface area contributed by atoms with Gasteiger partial charge in [-0.05, 0) is 33.4 Å². The number of nitrogens with zero attached hydrogens (tertiary/aromatic N) is 4. The molecule has 0 aliphatic rings.